The number of para-hydroxylation sites is 1. The second-order valence-corrected chi connectivity index (χ2v) is 18.0. The first-order valence-electron chi connectivity index (χ1n) is 20.4. The summed E-state index contributed by atoms with van der Waals surface area (Å²) >= 11 is 0. The minimum absolute atomic E-state index is 0. The summed E-state index contributed by atoms with van der Waals surface area (Å²) in [6, 6.07) is 43.4. The average molecular weight is 968 g/mol. The van der Waals surface area contributed by atoms with Gasteiger partial charge in [0.1, 0.15) is 11.6 Å². The van der Waals surface area contributed by atoms with E-state index in [2.05, 4.69) is 181 Å². The topological polar surface area (TPSA) is 46.4 Å². The maximum Gasteiger partial charge on any atom is 0.135 e. The predicted octanol–water partition coefficient (Wildman–Crippen LogP) is 13.9. The van der Waals surface area contributed by atoms with E-state index in [1.54, 1.807) is 0 Å². The van der Waals surface area contributed by atoms with Crippen LogP contribution in [0.25, 0.3) is 38.8 Å². The molecule has 7 heteroatoms. The Hall–Kier alpha value is -5.71. The van der Waals surface area contributed by atoms with Crippen LogP contribution in [-0.4, -0.2) is 14.5 Å². The van der Waals surface area contributed by atoms with Crippen molar-refractivity contribution in [3.05, 3.63) is 168 Å². The van der Waals surface area contributed by atoms with Gasteiger partial charge in [-0.2, -0.15) is 12.1 Å². The Morgan fingerprint density at radius 3 is 2.02 bits per heavy atom. The molecule has 1 aliphatic rings. The first kappa shape index (κ1) is 41.0. The number of nitrogens with zero attached hydrogens (tertiary/aromatic N) is 5. The fourth-order valence-corrected chi connectivity index (χ4v) is 8.62. The largest absolute Gasteiger partial charge is 0.509 e. The standard InChI is InChI=1S/C53H50N5O.Pt/c1-33-27-39(53(8,9)10)28-34(2)49(33)37-25-35(3)50(36(4)26-37)57-32-56(46-19-14-23-55-51(46)57)40-15-13-16-41(30-40)59-42-20-21-44-43-17-11-12-18-45(43)58(47(44)31-42)48-29-38(22-24-54-48)52(5,6)7;/h11-29,32H,1-10H3;/q-3;. The normalized spacial score (nSPS) is 12.9. The molecule has 0 saturated heterocycles. The number of rotatable bonds is 6. The van der Waals surface area contributed by atoms with Gasteiger partial charge < -0.3 is 19.1 Å². The second kappa shape index (κ2) is 15.4. The van der Waals surface area contributed by atoms with Crippen molar-refractivity contribution in [2.75, 3.05) is 9.80 Å². The number of ether oxygens (including phenoxy) is 1. The number of aryl methyl sites for hydroxylation is 4. The van der Waals surface area contributed by atoms with Crippen LogP contribution in [0, 0.1) is 46.5 Å². The Morgan fingerprint density at radius 1 is 0.600 bits per heavy atom. The van der Waals surface area contributed by atoms with Gasteiger partial charge in [0.25, 0.3) is 0 Å². The quantitative estimate of drug-likeness (QED) is 0.155. The number of benzene rings is 5. The van der Waals surface area contributed by atoms with E-state index < -0.39 is 0 Å². The van der Waals surface area contributed by atoms with Gasteiger partial charge in [0.2, 0.25) is 0 Å². The monoisotopic (exact) mass is 967 g/mol. The van der Waals surface area contributed by atoms with E-state index >= 15 is 0 Å². The fourth-order valence-electron chi connectivity index (χ4n) is 8.62. The molecule has 8 aromatic rings. The van der Waals surface area contributed by atoms with E-state index in [0.29, 0.717) is 11.5 Å². The van der Waals surface area contributed by atoms with Crippen molar-refractivity contribution in [3.8, 4) is 28.4 Å². The van der Waals surface area contributed by atoms with Crippen molar-refractivity contribution in [2.24, 2.45) is 0 Å². The summed E-state index contributed by atoms with van der Waals surface area (Å²) < 4.78 is 8.76. The molecule has 0 N–H and O–H groups in total. The third-order valence-corrected chi connectivity index (χ3v) is 11.5. The summed E-state index contributed by atoms with van der Waals surface area (Å²) in [4.78, 5) is 14.1. The summed E-state index contributed by atoms with van der Waals surface area (Å²) in [6.45, 7) is 24.5. The molecule has 306 valence electrons. The van der Waals surface area contributed by atoms with E-state index in [9.17, 15) is 0 Å². The van der Waals surface area contributed by atoms with Crippen molar-refractivity contribution >= 4 is 44.7 Å². The molecule has 0 fully saturated rings. The summed E-state index contributed by atoms with van der Waals surface area (Å²) in [6.07, 6.45) is 3.75. The molecule has 0 amide bonds. The van der Waals surface area contributed by atoms with Crippen LogP contribution in [0.4, 0.5) is 22.9 Å². The minimum atomic E-state index is -0.0181. The summed E-state index contributed by atoms with van der Waals surface area (Å²) in [5, 5.41) is 2.23. The predicted molar refractivity (Wildman–Crippen MR) is 244 cm³/mol. The third-order valence-electron chi connectivity index (χ3n) is 11.5. The molecule has 0 unspecified atom stereocenters. The molecule has 0 radical (unpaired) electrons. The Bertz CT molecular complexity index is 2890. The number of anilines is 4. The maximum absolute atomic E-state index is 6.57. The van der Waals surface area contributed by atoms with Gasteiger partial charge in [-0.05, 0) is 131 Å². The number of hydrogen-bond donors (Lipinski definition) is 0. The molecule has 3 aromatic heterocycles. The van der Waals surface area contributed by atoms with Gasteiger partial charge in [-0.1, -0.05) is 77.4 Å². The van der Waals surface area contributed by atoms with Crippen LogP contribution in [0.1, 0.15) is 74.9 Å². The molecule has 9 rings (SSSR count). The van der Waals surface area contributed by atoms with Crippen LogP contribution in [0.3, 0.4) is 0 Å². The van der Waals surface area contributed by atoms with E-state index in [4.69, 9.17) is 14.7 Å². The molecule has 60 heavy (non-hydrogen) atoms. The molecule has 0 spiro atoms. The van der Waals surface area contributed by atoms with E-state index in [1.807, 2.05) is 36.7 Å². The van der Waals surface area contributed by atoms with Crippen LogP contribution in [0.5, 0.6) is 11.5 Å². The zero-order valence-corrected chi connectivity index (χ0v) is 38.3. The summed E-state index contributed by atoms with van der Waals surface area (Å²) in [7, 11) is 0. The Balaban J connectivity index is 0.00000499. The summed E-state index contributed by atoms with van der Waals surface area (Å²) in [5.74, 6) is 2.91. The average Bonchev–Trinajstić information content (AvgIpc) is 3.73. The van der Waals surface area contributed by atoms with Gasteiger partial charge in [-0.15, -0.1) is 48.1 Å². The fraction of sp³-hybridized carbons (Fsp3) is 0.226. The molecular formula is C53H50N5OPt-3. The minimum Gasteiger partial charge on any atom is -0.509 e. The molecule has 0 atom stereocenters. The molecule has 0 aliphatic carbocycles. The SMILES string of the molecule is Cc1cc(C(C)(C)C)cc(C)c1-c1cc(C)c(N2[CH-]N(c3[c-]c(Oc4[c-]c5c(cc4)c4ccccc4n5-c4cc(C(C)(C)C)ccn4)ccc3)c3cccnc32)c(C)c1.[Pt]. The second-order valence-electron chi connectivity index (χ2n) is 18.0. The van der Waals surface area contributed by atoms with Crippen LogP contribution in [0.2, 0.25) is 0 Å². The van der Waals surface area contributed by atoms with E-state index in [1.165, 1.54) is 44.5 Å². The van der Waals surface area contributed by atoms with Gasteiger partial charge in [0.15, 0.2) is 0 Å². The zero-order valence-electron chi connectivity index (χ0n) is 36.0. The van der Waals surface area contributed by atoms with Crippen molar-refractivity contribution in [1.82, 2.24) is 14.5 Å². The van der Waals surface area contributed by atoms with Crippen LogP contribution < -0.4 is 14.5 Å². The Morgan fingerprint density at radius 2 is 1.30 bits per heavy atom. The molecule has 1 aliphatic heterocycles. The summed E-state index contributed by atoms with van der Waals surface area (Å²) in [5.41, 5.74) is 15.1. The molecule has 0 bridgehead atoms. The van der Waals surface area contributed by atoms with Crippen molar-refractivity contribution in [1.29, 1.82) is 0 Å². The molecule has 6 nitrogen and oxygen atoms in total. The van der Waals surface area contributed by atoms with Gasteiger partial charge in [-0.3, -0.25) is 0 Å². The first-order chi connectivity index (χ1) is 28.2. The maximum atomic E-state index is 6.57. The molecular weight excluding hydrogens is 918 g/mol. The Labute approximate surface area is 369 Å². The van der Waals surface area contributed by atoms with Gasteiger partial charge in [0, 0.05) is 56.2 Å². The zero-order chi connectivity index (χ0) is 41.4. The van der Waals surface area contributed by atoms with Gasteiger partial charge >= 0.3 is 0 Å². The van der Waals surface area contributed by atoms with Crippen molar-refractivity contribution < 1.29 is 25.8 Å². The Kier molecular flexibility index (Phi) is 10.5. The molecule has 4 heterocycles. The van der Waals surface area contributed by atoms with Crippen molar-refractivity contribution in [2.45, 2.75) is 80.1 Å². The number of hydrogen-bond acceptors (Lipinski definition) is 5. The van der Waals surface area contributed by atoms with Gasteiger partial charge in [0.05, 0.1) is 5.69 Å². The van der Waals surface area contributed by atoms with E-state index in [-0.39, 0.29) is 31.9 Å². The van der Waals surface area contributed by atoms with Crippen LogP contribution in [-0.2, 0) is 31.9 Å². The smallest absolute Gasteiger partial charge is 0.135 e. The van der Waals surface area contributed by atoms with Crippen LogP contribution >= 0.6 is 0 Å². The number of fused-ring (bicyclic) bond motifs is 4. The van der Waals surface area contributed by atoms with Gasteiger partial charge in [-0.25, -0.2) is 9.97 Å². The number of pyridine rings is 2. The third kappa shape index (κ3) is 7.30. The molecule has 0 saturated carbocycles. The molecule has 5 aromatic carbocycles. The van der Waals surface area contributed by atoms with E-state index in [0.717, 1.165) is 50.5 Å². The van der Waals surface area contributed by atoms with Crippen molar-refractivity contribution in [3.63, 3.8) is 0 Å². The first-order valence-corrected chi connectivity index (χ1v) is 20.4. The number of aromatic nitrogens is 3. The van der Waals surface area contributed by atoms with Crippen LogP contribution in [0.15, 0.2) is 116 Å².